The first-order chi connectivity index (χ1) is 10.2. The maximum absolute atomic E-state index is 5.46. The average molecular weight is 299 g/mol. The highest BCUT2D eigenvalue weighted by atomic mass is 32.1. The SMILES string of the molecule is COc1ccc(C)cc1[C@@H](C)Nc1ncnc2ccsc12. The summed E-state index contributed by atoms with van der Waals surface area (Å²) in [5, 5.41) is 5.50. The zero-order chi connectivity index (χ0) is 14.8. The van der Waals surface area contributed by atoms with Crippen LogP contribution < -0.4 is 10.1 Å². The summed E-state index contributed by atoms with van der Waals surface area (Å²) >= 11 is 1.65. The molecule has 1 aromatic carbocycles. The lowest BCUT2D eigenvalue weighted by Gasteiger charge is -2.18. The first-order valence-electron chi connectivity index (χ1n) is 6.78. The maximum Gasteiger partial charge on any atom is 0.147 e. The van der Waals surface area contributed by atoms with Crippen LogP contribution in [0.5, 0.6) is 5.75 Å². The van der Waals surface area contributed by atoms with Gasteiger partial charge in [0.25, 0.3) is 0 Å². The Kier molecular flexibility index (Phi) is 3.75. The summed E-state index contributed by atoms with van der Waals surface area (Å²) in [5.41, 5.74) is 3.31. The summed E-state index contributed by atoms with van der Waals surface area (Å²) in [6.45, 7) is 4.19. The molecule has 5 heteroatoms. The Balaban J connectivity index is 1.94. The molecule has 0 fully saturated rings. The van der Waals surface area contributed by atoms with Crippen molar-refractivity contribution in [3.63, 3.8) is 0 Å². The summed E-state index contributed by atoms with van der Waals surface area (Å²) in [6.07, 6.45) is 1.59. The van der Waals surface area contributed by atoms with Gasteiger partial charge in [-0.15, -0.1) is 11.3 Å². The Morgan fingerprint density at radius 2 is 2.10 bits per heavy atom. The van der Waals surface area contributed by atoms with Crippen LogP contribution in [-0.4, -0.2) is 17.1 Å². The van der Waals surface area contributed by atoms with Gasteiger partial charge in [-0.2, -0.15) is 0 Å². The molecule has 0 bridgehead atoms. The minimum Gasteiger partial charge on any atom is -0.496 e. The van der Waals surface area contributed by atoms with Crippen LogP contribution in [0.15, 0.2) is 36.0 Å². The Morgan fingerprint density at radius 1 is 1.24 bits per heavy atom. The van der Waals surface area contributed by atoms with Gasteiger partial charge in [-0.3, -0.25) is 0 Å². The van der Waals surface area contributed by atoms with Crippen LogP contribution in [0.3, 0.4) is 0 Å². The van der Waals surface area contributed by atoms with Crippen LogP contribution in [0, 0.1) is 6.92 Å². The molecule has 0 amide bonds. The van der Waals surface area contributed by atoms with Crippen LogP contribution >= 0.6 is 11.3 Å². The average Bonchev–Trinajstić information content (AvgIpc) is 2.96. The fourth-order valence-electron chi connectivity index (χ4n) is 2.37. The van der Waals surface area contributed by atoms with Crippen LogP contribution in [0.2, 0.25) is 0 Å². The summed E-state index contributed by atoms with van der Waals surface area (Å²) in [6, 6.07) is 8.30. The third-order valence-corrected chi connectivity index (χ3v) is 4.36. The van der Waals surface area contributed by atoms with E-state index in [4.69, 9.17) is 4.74 Å². The van der Waals surface area contributed by atoms with Gasteiger partial charge in [0.15, 0.2) is 0 Å². The van der Waals surface area contributed by atoms with Crippen LogP contribution in [0.1, 0.15) is 24.1 Å². The van der Waals surface area contributed by atoms with E-state index in [1.807, 2.05) is 17.5 Å². The molecule has 0 saturated heterocycles. The lowest BCUT2D eigenvalue weighted by Crippen LogP contribution is -2.09. The quantitative estimate of drug-likeness (QED) is 0.785. The van der Waals surface area contributed by atoms with Gasteiger partial charge in [0.05, 0.1) is 23.4 Å². The zero-order valence-electron chi connectivity index (χ0n) is 12.3. The smallest absolute Gasteiger partial charge is 0.147 e. The highest BCUT2D eigenvalue weighted by Gasteiger charge is 2.14. The Hall–Kier alpha value is -2.14. The van der Waals surface area contributed by atoms with Gasteiger partial charge in [0, 0.05) is 5.56 Å². The fourth-order valence-corrected chi connectivity index (χ4v) is 3.16. The zero-order valence-corrected chi connectivity index (χ0v) is 13.1. The molecule has 4 nitrogen and oxygen atoms in total. The van der Waals surface area contributed by atoms with E-state index >= 15 is 0 Å². The molecule has 0 saturated carbocycles. The van der Waals surface area contributed by atoms with Crippen molar-refractivity contribution in [2.24, 2.45) is 0 Å². The largest absolute Gasteiger partial charge is 0.496 e. The molecule has 108 valence electrons. The third kappa shape index (κ3) is 2.69. The maximum atomic E-state index is 5.46. The van der Waals surface area contributed by atoms with E-state index in [9.17, 15) is 0 Å². The van der Waals surface area contributed by atoms with Crippen molar-refractivity contribution in [2.45, 2.75) is 19.9 Å². The van der Waals surface area contributed by atoms with Gasteiger partial charge in [0.2, 0.25) is 0 Å². The molecule has 1 N–H and O–H groups in total. The Morgan fingerprint density at radius 3 is 2.90 bits per heavy atom. The number of rotatable bonds is 4. The Bertz CT molecular complexity index is 769. The number of benzene rings is 1. The minimum absolute atomic E-state index is 0.0973. The molecule has 0 unspecified atom stereocenters. The molecule has 0 spiro atoms. The molecular formula is C16H17N3OS. The van der Waals surface area contributed by atoms with Crippen molar-refractivity contribution >= 4 is 27.4 Å². The number of nitrogens with one attached hydrogen (secondary N) is 1. The number of anilines is 1. The van der Waals surface area contributed by atoms with Gasteiger partial charge < -0.3 is 10.1 Å². The van der Waals surface area contributed by atoms with Gasteiger partial charge >= 0.3 is 0 Å². The molecule has 21 heavy (non-hydrogen) atoms. The first-order valence-corrected chi connectivity index (χ1v) is 7.66. The van der Waals surface area contributed by atoms with Crippen molar-refractivity contribution in [2.75, 3.05) is 12.4 Å². The third-order valence-electron chi connectivity index (χ3n) is 3.45. The van der Waals surface area contributed by atoms with Crippen molar-refractivity contribution < 1.29 is 4.74 Å². The molecule has 1 atom stereocenters. The van der Waals surface area contributed by atoms with Crippen LogP contribution in [0.4, 0.5) is 5.82 Å². The molecule has 0 aliphatic rings. The molecule has 3 rings (SSSR count). The monoisotopic (exact) mass is 299 g/mol. The molecule has 0 aliphatic heterocycles. The molecule has 2 heterocycles. The van der Waals surface area contributed by atoms with E-state index in [0.29, 0.717) is 0 Å². The number of aryl methyl sites for hydroxylation is 1. The minimum atomic E-state index is 0.0973. The van der Waals surface area contributed by atoms with Gasteiger partial charge in [-0.25, -0.2) is 9.97 Å². The predicted molar refractivity (Wildman–Crippen MR) is 87.2 cm³/mol. The lowest BCUT2D eigenvalue weighted by molar-refractivity contribution is 0.408. The van der Waals surface area contributed by atoms with Crippen molar-refractivity contribution in [1.29, 1.82) is 0 Å². The normalized spacial score (nSPS) is 12.3. The number of aromatic nitrogens is 2. The van der Waals surface area contributed by atoms with Crippen molar-refractivity contribution in [1.82, 2.24) is 9.97 Å². The standard InChI is InChI=1S/C16H17N3OS/c1-10-4-5-14(20-3)12(8-10)11(2)19-16-15-13(6-7-21-15)17-9-18-16/h4-9,11H,1-3H3,(H,17,18,19)/t11-/m1/s1. The topological polar surface area (TPSA) is 47.0 Å². The summed E-state index contributed by atoms with van der Waals surface area (Å²) in [5.74, 6) is 1.75. The summed E-state index contributed by atoms with van der Waals surface area (Å²) < 4.78 is 6.54. The second-order valence-electron chi connectivity index (χ2n) is 4.97. The predicted octanol–water partition coefficient (Wildman–Crippen LogP) is 4.18. The van der Waals surface area contributed by atoms with Crippen LogP contribution in [0.25, 0.3) is 10.2 Å². The molecule has 2 aromatic heterocycles. The molecule has 0 aliphatic carbocycles. The summed E-state index contributed by atoms with van der Waals surface area (Å²) in [7, 11) is 1.70. The number of thiophene rings is 1. The van der Waals surface area contributed by atoms with Gasteiger partial charge in [-0.1, -0.05) is 17.7 Å². The highest BCUT2D eigenvalue weighted by Crippen LogP contribution is 2.31. The van der Waals surface area contributed by atoms with E-state index in [0.717, 1.165) is 27.3 Å². The summed E-state index contributed by atoms with van der Waals surface area (Å²) in [4.78, 5) is 8.63. The number of nitrogens with zero attached hydrogens (tertiary/aromatic N) is 2. The van der Waals surface area contributed by atoms with E-state index in [-0.39, 0.29) is 6.04 Å². The molecule has 0 radical (unpaired) electrons. The second-order valence-corrected chi connectivity index (χ2v) is 5.88. The number of methoxy groups -OCH3 is 1. The van der Waals surface area contributed by atoms with E-state index in [1.54, 1.807) is 24.8 Å². The second kappa shape index (κ2) is 5.69. The first kappa shape index (κ1) is 13.8. The fraction of sp³-hybridized carbons (Fsp3) is 0.250. The molecular weight excluding hydrogens is 282 g/mol. The molecule has 3 aromatic rings. The number of hydrogen-bond acceptors (Lipinski definition) is 5. The van der Waals surface area contributed by atoms with Gasteiger partial charge in [-0.05, 0) is 31.4 Å². The van der Waals surface area contributed by atoms with Crippen LogP contribution in [-0.2, 0) is 0 Å². The number of fused-ring (bicyclic) bond motifs is 1. The number of ether oxygens (including phenoxy) is 1. The number of hydrogen-bond donors (Lipinski definition) is 1. The highest BCUT2D eigenvalue weighted by molar-refractivity contribution is 7.17. The lowest BCUT2D eigenvalue weighted by atomic mass is 10.0. The van der Waals surface area contributed by atoms with Crippen molar-refractivity contribution in [3.05, 3.63) is 47.1 Å². The van der Waals surface area contributed by atoms with E-state index < -0.39 is 0 Å². The van der Waals surface area contributed by atoms with Gasteiger partial charge in [0.1, 0.15) is 17.9 Å². The Labute approximate surface area is 127 Å². The van der Waals surface area contributed by atoms with E-state index in [1.165, 1.54) is 5.56 Å². The van der Waals surface area contributed by atoms with Crippen molar-refractivity contribution in [3.8, 4) is 5.75 Å². The van der Waals surface area contributed by atoms with E-state index in [2.05, 4.69) is 41.3 Å².